The first-order valence-electron chi connectivity index (χ1n) is 13.2. The molecule has 3 aliphatic rings. The van der Waals surface area contributed by atoms with Gasteiger partial charge in [0.25, 0.3) is 0 Å². The number of likely N-dealkylation sites (tertiary alicyclic amines) is 2. The van der Waals surface area contributed by atoms with E-state index in [1.807, 2.05) is 45.4 Å². The Morgan fingerprint density at radius 1 is 1.03 bits per heavy atom. The van der Waals surface area contributed by atoms with Crippen LogP contribution in [0.2, 0.25) is 0 Å². The predicted molar refractivity (Wildman–Crippen MR) is 137 cm³/mol. The number of ketones is 1. The molecule has 0 N–H and O–H groups in total. The quantitative estimate of drug-likeness (QED) is 0.591. The van der Waals surface area contributed by atoms with Crippen molar-refractivity contribution in [2.45, 2.75) is 64.2 Å². The first kappa shape index (κ1) is 25.4. The Morgan fingerprint density at radius 2 is 1.76 bits per heavy atom. The number of rotatable bonds is 6. The minimum atomic E-state index is -0.538. The van der Waals surface area contributed by atoms with Crippen molar-refractivity contribution in [1.29, 1.82) is 0 Å². The van der Waals surface area contributed by atoms with Gasteiger partial charge in [-0.3, -0.25) is 9.59 Å². The van der Waals surface area contributed by atoms with Crippen molar-refractivity contribution in [2.24, 2.45) is 5.92 Å². The molecule has 198 valence electrons. The fourth-order valence-electron chi connectivity index (χ4n) is 5.59. The van der Waals surface area contributed by atoms with Gasteiger partial charge in [0.05, 0.1) is 36.9 Å². The van der Waals surface area contributed by atoms with Crippen LogP contribution in [0.25, 0.3) is 11.3 Å². The molecule has 37 heavy (non-hydrogen) atoms. The number of carbonyl (C=O) groups is 3. The van der Waals surface area contributed by atoms with Gasteiger partial charge in [0.1, 0.15) is 18.0 Å². The van der Waals surface area contributed by atoms with Crippen molar-refractivity contribution >= 4 is 17.8 Å². The monoisotopic (exact) mass is 508 g/mol. The van der Waals surface area contributed by atoms with Gasteiger partial charge in [-0.25, -0.2) is 9.78 Å². The van der Waals surface area contributed by atoms with E-state index in [9.17, 15) is 14.4 Å². The number of hydrogen-bond donors (Lipinski definition) is 0. The van der Waals surface area contributed by atoms with Crippen LogP contribution in [0.5, 0.6) is 0 Å². The van der Waals surface area contributed by atoms with Crippen LogP contribution >= 0.6 is 0 Å². The van der Waals surface area contributed by atoms with Gasteiger partial charge >= 0.3 is 6.09 Å². The zero-order chi connectivity index (χ0) is 26.2. The molecule has 2 aromatic rings. The molecule has 9 heteroatoms. The molecule has 5 rings (SSSR count). The molecule has 1 aromatic carbocycles. The number of hydrogen-bond acceptors (Lipinski definition) is 6. The summed E-state index contributed by atoms with van der Waals surface area (Å²) in [5.74, 6) is 0.147. The van der Waals surface area contributed by atoms with E-state index < -0.39 is 5.60 Å². The molecule has 1 aromatic heterocycles. The van der Waals surface area contributed by atoms with Crippen molar-refractivity contribution < 1.29 is 23.9 Å². The predicted octanol–water partition coefficient (Wildman–Crippen LogP) is 3.68. The molecule has 9 nitrogen and oxygen atoms in total. The standard InChI is InChI=1S/C28H36N4O5/c1-28(2,3)37-27(35)31-13-10-20(16-31)36-17-26(34)30-11-8-19(9-12-30)25(33)14-23-21-6-4-5-7-22(21)24-15-29-18-32(23)24/h4-7,15,18-20,23H,8-14,16-17H2,1-3H3. The maximum atomic E-state index is 13.2. The third-order valence-electron chi connectivity index (χ3n) is 7.53. The van der Waals surface area contributed by atoms with E-state index in [4.69, 9.17) is 9.47 Å². The lowest BCUT2D eigenvalue weighted by Crippen LogP contribution is -2.42. The van der Waals surface area contributed by atoms with E-state index in [-0.39, 0.29) is 42.5 Å². The Morgan fingerprint density at radius 3 is 2.51 bits per heavy atom. The fraction of sp³-hybridized carbons (Fsp3) is 0.571. The van der Waals surface area contributed by atoms with Crippen molar-refractivity contribution in [1.82, 2.24) is 19.4 Å². The van der Waals surface area contributed by atoms with Crippen molar-refractivity contribution in [3.63, 3.8) is 0 Å². The van der Waals surface area contributed by atoms with Crippen LogP contribution in [-0.2, 0) is 19.1 Å². The Balaban J connectivity index is 1.07. The molecule has 0 bridgehead atoms. The Bertz CT molecular complexity index is 1160. The highest BCUT2D eigenvalue weighted by atomic mass is 16.6. The van der Waals surface area contributed by atoms with Crippen LogP contribution in [0.4, 0.5) is 4.79 Å². The van der Waals surface area contributed by atoms with Crippen LogP contribution in [0, 0.1) is 5.92 Å². The zero-order valence-corrected chi connectivity index (χ0v) is 21.9. The lowest BCUT2D eigenvalue weighted by atomic mass is 9.87. The van der Waals surface area contributed by atoms with Gasteiger partial charge in [0, 0.05) is 37.5 Å². The minimum Gasteiger partial charge on any atom is -0.444 e. The third kappa shape index (κ3) is 5.56. The van der Waals surface area contributed by atoms with E-state index in [0.717, 1.165) is 11.3 Å². The number of nitrogens with zero attached hydrogens (tertiary/aromatic N) is 4. The Kier molecular flexibility index (Phi) is 7.07. The molecule has 0 radical (unpaired) electrons. The number of Topliss-reactive ketones (excluding diaryl/α,β-unsaturated/α-hetero) is 1. The molecule has 2 fully saturated rings. The average molecular weight is 509 g/mol. The fourth-order valence-corrected chi connectivity index (χ4v) is 5.59. The van der Waals surface area contributed by atoms with Crippen molar-refractivity contribution in [3.05, 3.63) is 42.4 Å². The second-order valence-electron chi connectivity index (χ2n) is 11.3. The third-order valence-corrected chi connectivity index (χ3v) is 7.53. The summed E-state index contributed by atoms with van der Waals surface area (Å²) in [7, 11) is 0. The number of aromatic nitrogens is 2. The Labute approximate surface area is 217 Å². The highest BCUT2D eigenvalue weighted by Crippen LogP contribution is 2.41. The molecular weight excluding hydrogens is 472 g/mol. The lowest BCUT2D eigenvalue weighted by Gasteiger charge is -2.32. The number of amides is 2. The van der Waals surface area contributed by atoms with Gasteiger partial charge < -0.3 is 23.8 Å². The number of piperidine rings is 1. The largest absolute Gasteiger partial charge is 0.444 e. The first-order chi connectivity index (χ1) is 17.7. The molecule has 2 atom stereocenters. The summed E-state index contributed by atoms with van der Waals surface area (Å²) < 4.78 is 13.4. The van der Waals surface area contributed by atoms with Crippen LogP contribution in [0.1, 0.15) is 58.1 Å². The van der Waals surface area contributed by atoms with E-state index in [0.29, 0.717) is 51.9 Å². The van der Waals surface area contributed by atoms with E-state index in [1.165, 1.54) is 5.56 Å². The topological polar surface area (TPSA) is 94.0 Å². The molecule has 2 amide bonds. The number of ether oxygens (including phenoxy) is 2. The Hall–Kier alpha value is -3.20. The van der Waals surface area contributed by atoms with Gasteiger partial charge in [0.15, 0.2) is 0 Å². The molecule has 0 saturated carbocycles. The average Bonchev–Trinajstić information content (AvgIpc) is 3.60. The summed E-state index contributed by atoms with van der Waals surface area (Å²) in [6.07, 6.45) is 5.63. The zero-order valence-electron chi connectivity index (χ0n) is 21.9. The SMILES string of the molecule is CC(C)(C)OC(=O)N1CCC(OCC(=O)N2CCC(C(=O)CC3c4ccccc4-c4cncn43)CC2)C1. The van der Waals surface area contributed by atoms with E-state index in [1.54, 1.807) is 9.80 Å². The van der Waals surface area contributed by atoms with Crippen LogP contribution in [0.3, 0.4) is 0 Å². The van der Waals surface area contributed by atoms with E-state index in [2.05, 4.69) is 21.7 Å². The summed E-state index contributed by atoms with van der Waals surface area (Å²) in [4.78, 5) is 45.9. The molecule has 0 spiro atoms. The summed E-state index contributed by atoms with van der Waals surface area (Å²) in [5.41, 5.74) is 2.85. The summed E-state index contributed by atoms with van der Waals surface area (Å²) in [6, 6.07) is 8.20. The highest BCUT2D eigenvalue weighted by molar-refractivity contribution is 5.84. The maximum Gasteiger partial charge on any atom is 0.410 e. The molecular formula is C28H36N4O5. The maximum absolute atomic E-state index is 13.2. The van der Waals surface area contributed by atoms with Gasteiger partial charge in [0.2, 0.25) is 5.91 Å². The first-order valence-corrected chi connectivity index (χ1v) is 13.2. The number of carbonyl (C=O) groups excluding carboxylic acids is 3. The van der Waals surface area contributed by atoms with Crippen molar-refractivity contribution in [3.8, 4) is 11.3 Å². The molecule has 0 aliphatic carbocycles. The summed E-state index contributed by atoms with van der Waals surface area (Å²) in [6.45, 7) is 7.63. The lowest BCUT2D eigenvalue weighted by molar-refractivity contribution is -0.140. The van der Waals surface area contributed by atoms with Gasteiger partial charge in [-0.1, -0.05) is 24.3 Å². The minimum absolute atomic E-state index is 0.00625. The number of benzene rings is 1. The van der Waals surface area contributed by atoms with Crippen LogP contribution < -0.4 is 0 Å². The molecule has 3 aliphatic heterocycles. The highest BCUT2D eigenvalue weighted by Gasteiger charge is 2.34. The number of imidazole rings is 1. The summed E-state index contributed by atoms with van der Waals surface area (Å²) >= 11 is 0. The van der Waals surface area contributed by atoms with Crippen LogP contribution in [-0.4, -0.2) is 81.6 Å². The second kappa shape index (κ2) is 10.3. The second-order valence-corrected chi connectivity index (χ2v) is 11.3. The van der Waals surface area contributed by atoms with E-state index >= 15 is 0 Å². The van der Waals surface area contributed by atoms with Gasteiger partial charge in [-0.05, 0) is 45.6 Å². The number of fused-ring (bicyclic) bond motifs is 3. The summed E-state index contributed by atoms with van der Waals surface area (Å²) in [5, 5.41) is 0. The molecule has 4 heterocycles. The van der Waals surface area contributed by atoms with Crippen LogP contribution in [0.15, 0.2) is 36.8 Å². The smallest absolute Gasteiger partial charge is 0.410 e. The van der Waals surface area contributed by atoms with Gasteiger partial charge in [-0.15, -0.1) is 0 Å². The van der Waals surface area contributed by atoms with Crippen molar-refractivity contribution in [2.75, 3.05) is 32.8 Å². The normalized spacial score (nSPS) is 21.6. The molecule has 2 unspecified atom stereocenters. The molecule has 2 saturated heterocycles. The van der Waals surface area contributed by atoms with Gasteiger partial charge in [-0.2, -0.15) is 0 Å².